The smallest absolute Gasteiger partial charge is 0.326 e. The number of nitrogens with one attached hydrogen (secondary N) is 7. The number of hydrogen-bond acceptors (Lipinski definition) is 16. The van der Waals surface area contributed by atoms with E-state index in [0.29, 0.717) is 38.6 Å². The molecule has 0 heterocycles. The molecule has 0 spiro atoms. The second-order valence-electron chi connectivity index (χ2n) is 17.3. The number of aliphatic carboxylic acids is 3. The second-order valence-corrected chi connectivity index (χ2v) is 27.4. The SMILES string of the molecule is CI=IN[C@@H](CCCCNC(=O)COCCOCCNC(=O)COCCOCCNC(=O)CC[C@H](NC(=O)CC[C@H](NC(=O)CCCCCCCCCCCCC(=O)O)C(=O)O)C(=O)O)C(=O)N[C@H](C(N)=O)[C@@H](C)O. The first-order valence-corrected chi connectivity index (χ1v) is 34.9. The van der Waals surface area contributed by atoms with Crippen LogP contribution in [0.15, 0.2) is 0 Å². The highest BCUT2D eigenvalue weighted by Gasteiger charge is 2.27. The summed E-state index contributed by atoms with van der Waals surface area (Å²) in [6.45, 7) is 2.54. The van der Waals surface area contributed by atoms with Gasteiger partial charge >= 0.3 is 17.9 Å². The lowest BCUT2D eigenvalue weighted by atomic mass is 10.0. The van der Waals surface area contributed by atoms with E-state index in [0.717, 1.165) is 51.4 Å². The number of unbranched alkanes of at least 4 members (excludes halogenated alkanes) is 10. The summed E-state index contributed by atoms with van der Waals surface area (Å²) in [6.07, 6.45) is 8.95. The molecule has 0 aliphatic rings. The Morgan fingerprint density at radius 2 is 0.920 bits per heavy atom. The van der Waals surface area contributed by atoms with E-state index in [1.807, 2.05) is 0 Å². The van der Waals surface area contributed by atoms with Crippen molar-refractivity contribution in [3.63, 3.8) is 0 Å². The monoisotopic (exact) mass is 1300 g/mol. The molecule has 7 amide bonds. The van der Waals surface area contributed by atoms with Gasteiger partial charge in [0.25, 0.3) is 0 Å². The summed E-state index contributed by atoms with van der Waals surface area (Å²) in [7, 11) is 0. The number of amides is 7. The zero-order chi connectivity index (χ0) is 56.1. The molecular weight excluding hydrogens is 1220 g/mol. The van der Waals surface area contributed by atoms with Crippen LogP contribution in [0.5, 0.6) is 0 Å². The van der Waals surface area contributed by atoms with Gasteiger partial charge in [-0.25, -0.2) is 13.1 Å². The van der Waals surface area contributed by atoms with Crippen molar-refractivity contribution in [2.45, 2.75) is 159 Å². The number of primary amides is 1. The van der Waals surface area contributed by atoms with Crippen LogP contribution in [0.4, 0.5) is 0 Å². The first kappa shape index (κ1) is 70.9. The average molecular weight is 1300 g/mol. The number of carboxylic acid groups (broad SMARTS) is 3. The van der Waals surface area contributed by atoms with Crippen molar-refractivity contribution >= 4 is 92.7 Å². The summed E-state index contributed by atoms with van der Waals surface area (Å²) >= 11 is -0.344. The van der Waals surface area contributed by atoms with E-state index >= 15 is 0 Å². The number of carbonyl (C=O) groups is 10. The number of aliphatic hydroxyl groups excluding tert-OH is 1. The molecule has 75 heavy (non-hydrogen) atoms. The molecule has 434 valence electrons. The lowest BCUT2D eigenvalue weighted by Crippen LogP contribution is -2.54. The van der Waals surface area contributed by atoms with Gasteiger partial charge in [-0.2, -0.15) is 0 Å². The molecule has 0 rings (SSSR count). The van der Waals surface area contributed by atoms with Crippen LogP contribution >= 0.6 is 33.5 Å². The van der Waals surface area contributed by atoms with Crippen LogP contribution in [0.1, 0.15) is 129 Å². The molecule has 13 N–H and O–H groups in total. The van der Waals surface area contributed by atoms with Crippen molar-refractivity contribution in [2.75, 3.05) is 77.4 Å². The number of nitrogens with two attached hydrogens (primary N) is 1. The molecule has 0 aliphatic heterocycles. The minimum Gasteiger partial charge on any atom is -0.481 e. The first-order chi connectivity index (χ1) is 35.9. The molecule has 26 nitrogen and oxygen atoms in total. The molecule has 0 aromatic carbocycles. The van der Waals surface area contributed by atoms with Gasteiger partial charge in [0.15, 0.2) is 0 Å². The Morgan fingerprint density at radius 1 is 0.480 bits per heavy atom. The summed E-state index contributed by atoms with van der Waals surface area (Å²) in [5, 5.41) is 52.7. The molecule has 0 bridgehead atoms. The third-order valence-electron chi connectivity index (χ3n) is 10.9. The number of halogens is 2. The summed E-state index contributed by atoms with van der Waals surface area (Å²) in [5.41, 5.74) is 5.29. The molecule has 0 unspecified atom stereocenters. The fourth-order valence-electron chi connectivity index (χ4n) is 6.77. The summed E-state index contributed by atoms with van der Waals surface area (Å²) in [6, 6.07) is -4.44. The minimum absolute atomic E-state index is 0.0260. The normalized spacial score (nSPS) is 13.4. The van der Waals surface area contributed by atoms with E-state index in [1.165, 1.54) is 6.92 Å². The molecule has 0 aromatic rings. The topological polar surface area (TPSA) is 399 Å². The third-order valence-corrected chi connectivity index (χ3v) is 16.6. The van der Waals surface area contributed by atoms with Gasteiger partial charge in [0, 0.05) is 62.2 Å². The van der Waals surface area contributed by atoms with Crippen molar-refractivity contribution in [2.24, 2.45) is 5.73 Å². The summed E-state index contributed by atoms with van der Waals surface area (Å²) in [5.74, 6) is -7.07. The highest BCUT2D eigenvalue weighted by atomic mass is 128. The van der Waals surface area contributed by atoms with Gasteiger partial charge in [-0.1, -0.05) is 68.0 Å². The van der Waals surface area contributed by atoms with Gasteiger partial charge in [0.05, 0.1) is 51.8 Å². The van der Waals surface area contributed by atoms with Crippen molar-refractivity contribution in [3.8, 4) is 0 Å². The quantitative estimate of drug-likeness (QED) is 0.0173. The van der Waals surface area contributed by atoms with Crippen LogP contribution in [-0.4, -0.2) is 187 Å². The van der Waals surface area contributed by atoms with Crippen molar-refractivity contribution < 1.29 is 87.3 Å². The van der Waals surface area contributed by atoms with Crippen molar-refractivity contribution in [1.82, 2.24) is 35.4 Å². The number of aliphatic hydroxyl groups is 1. The Bertz CT molecular complexity index is 1730. The molecule has 0 aliphatic carbocycles. The molecule has 28 heteroatoms. The predicted octanol–water partition coefficient (Wildman–Crippen LogP) is 0.747. The maximum Gasteiger partial charge on any atom is 0.326 e. The highest BCUT2D eigenvalue weighted by Crippen LogP contribution is 2.14. The zero-order valence-corrected chi connectivity index (χ0v) is 47.8. The largest absolute Gasteiger partial charge is 0.481 e. The van der Waals surface area contributed by atoms with E-state index in [9.17, 15) is 63.3 Å². The van der Waals surface area contributed by atoms with Crippen LogP contribution in [0, 0.1) is 0 Å². The fraction of sp³-hybridized carbons (Fsp3) is 0.787. The van der Waals surface area contributed by atoms with Gasteiger partial charge in [-0.15, -0.1) is 0 Å². The Kier molecular flexibility index (Phi) is 44.6. The average Bonchev–Trinajstić information content (AvgIpc) is 3.35. The van der Waals surface area contributed by atoms with Crippen molar-refractivity contribution in [3.05, 3.63) is 0 Å². The number of hydrogen-bond donors (Lipinski definition) is 12. The lowest BCUT2D eigenvalue weighted by molar-refractivity contribution is -0.143. The number of ether oxygens (including phenoxy) is 4. The Hall–Kier alpha value is -4.08. The van der Waals surface area contributed by atoms with Crippen LogP contribution in [-0.2, 0) is 66.9 Å². The molecule has 0 fully saturated rings. The van der Waals surface area contributed by atoms with E-state index in [1.54, 1.807) is 0 Å². The molecule has 0 aromatic heterocycles. The summed E-state index contributed by atoms with van der Waals surface area (Å²) in [4.78, 5) is 122. The molecule has 0 saturated heterocycles. The van der Waals surface area contributed by atoms with Gasteiger partial charge in [0.1, 0.15) is 31.3 Å². The summed E-state index contributed by atoms with van der Waals surface area (Å²) < 4.78 is 24.6. The van der Waals surface area contributed by atoms with Crippen LogP contribution in [0.3, 0.4) is 0 Å². The van der Waals surface area contributed by atoms with Crippen LogP contribution in [0.25, 0.3) is 0 Å². The van der Waals surface area contributed by atoms with Gasteiger partial charge < -0.3 is 77.0 Å². The number of alkyl halides is 1. The molecule has 0 radical (unpaired) electrons. The fourth-order valence-corrected chi connectivity index (χ4v) is 11.4. The first-order valence-electron chi connectivity index (χ1n) is 25.4. The van der Waals surface area contributed by atoms with Gasteiger partial charge in [0.2, 0.25) is 41.4 Å². The number of carboxylic acids is 3. The highest BCUT2D eigenvalue weighted by molar-refractivity contribution is 14.8. The molecule has 0 saturated carbocycles. The maximum absolute atomic E-state index is 12.7. The standard InChI is InChI=1S/C47H84I2N8O18/c1-33(58)43(44(50)66)56-45(67)34(57-49-48-2)15-13-14-22-51-40(62)31-74-29-28-73-26-24-53-41(63)32-75-30-27-72-25-23-52-37(59)20-18-35(46(68)69)55-39(61)21-19-36(47(70)71)54-38(60)16-11-9-7-5-3-4-6-8-10-12-17-42(64)65/h33-36,43,57-58H,3-32H2,1-2H3,(H2,50,66)(H,51,62)(H,52,59)(H,53,63)(H,54,60)(H,55,61)(H,56,67)(H,64,65)(H,68,69)(H,70,71)/t33-,34+,35+,36+,43+/m1/s1. The van der Waals surface area contributed by atoms with Gasteiger partial charge in [-0.05, 0) is 56.8 Å². The van der Waals surface area contributed by atoms with Gasteiger partial charge in [-0.3, -0.25) is 38.4 Å². The third kappa shape index (κ3) is 42.7. The van der Waals surface area contributed by atoms with E-state index in [4.69, 9.17) is 29.8 Å². The van der Waals surface area contributed by atoms with Crippen LogP contribution < -0.4 is 41.2 Å². The Morgan fingerprint density at radius 3 is 1.39 bits per heavy atom. The number of rotatable bonds is 50. The second kappa shape index (κ2) is 47.2. The Balaban J connectivity index is 4.01. The van der Waals surface area contributed by atoms with E-state index < -0.39 is 77.7 Å². The van der Waals surface area contributed by atoms with E-state index in [-0.39, 0.29) is 150 Å². The zero-order valence-electron chi connectivity index (χ0n) is 43.4. The molecular formula is C47H84I2N8O18. The number of carbonyl (C=O) groups excluding carboxylic acids is 7. The Labute approximate surface area is 455 Å². The molecule has 5 atom stereocenters. The maximum atomic E-state index is 12.7. The van der Waals surface area contributed by atoms with Crippen LogP contribution in [0.2, 0.25) is 0 Å². The minimum atomic E-state index is -1.41. The lowest BCUT2D eigenvalue weighted by Gasteiger charge is -2.22. The van der Waals surface area contributed by atoms with Crippen molar-refractivity contribution in [1.29, 1.82) is 0 Å². The van der Waals surface area contributed by atoms with E-state index in [2.05, 4.69) is 40.4 Å². The predicted molar refractivity (Wildman–Crippen MR) is 290 cm³/mol.